The van der Waals surface area contributed by atoms with E-state index in [-0.39, 0.29) is 11.9 Å². The van der Waals surface area contributed by atoms with E-state index in [0.29, 0.717) is 10.7 Å². The molecule has 0 unspecified atom stereocenters. The second-order valence-corrected chi connectivity index (χ2v) is 5.47. The van der Waals surface area contributed by atoms with Crippen LogP contribution in [0.5, 0.6) is 0 Å². The highest BCUT2D eigenvalue weighted by atomic mass is 32.1. The third-order valence-electron chi connectivity index (χ3n) is 3.03. The molecular formula is C12H22N4OS. The fourth-order valence-electron chi connectivity index (χ4n) is 1.83. The van der Waals surface area contributed by atoms with E-state index in [2.05, 4.69) is 18.8 Å². The summed E-state index contributed by atoms with van der Waals surface area (Å²) in [5.74, 6) is 0.290. The molecule has 1 heterocycles. The Labute approximate surface area is 113 Å². The maximum Gasteiger partial charge on any atom is 0.267 e. The number of hydrogen-bond donors (Lipinski definition) is 1. The zero-order chi connectivity index (χ0) is 13.9. The number of carbonyl (C=O) groups is 1. The molecule has 2 N–H and O–H groups in total. The van der Waals surface area contributed by atoms with Crippen LogP contribution in [0.25, 0.3) is 0 Å². The third kappa shape index (κ3) is 2.93. The summed E-state index contributed by atoms with van der Waals surface area (Å²) >= 11 is 1.34. The molecule has 0 bridgehead atoms. The lowest BCUT2D eigenvalue weighted by Crippen LogP contribution is -2.36. The summed E-state index contributed by atoms with van der Waals surface area (Å²) in [5, 5.41) is 0.758. The van der Waals surface area contributed by atoms with Gasteiger partial charge >= 0.3 is 0 Å². The summed E-state index contributed by atoms with van der Waals surface area (Å²) in [6.45, 7) is 4.17. The number of hydrogen-bond acceptors (Lipinski definition) is 5. The molecule has 102 valence electrons. The van der Waals surface area contributed by atoms with Crippen molar-refractivity contribution < 1.29 is 4.79 Å². The average molecular weight is 270 g/mol. The van der Waals surface area contributed by atoms with E-state index < -0.39 is 0 Å². The first-order valence-electron chi connectivity index (χ1n) is 6.13. The summed E-state index contributed by atoms with van der Waals surface area (Å²) in [6, 6.07) is 0.252. The second-order valence-electron chi connectivity index (χ2n) is 4.49. The first kappa shape index (κ1) is 14.8. The number of amides is 1. The van der Waals surface area contributed by atoms with Crippen molar-refractivity contribution in [1.29, 1.82) is 0 Å². The SMILES string of the molecule is CCC(CC)N(C)C(=O)c1sc(N(C)C)nc1N. The van der Waals surface area contributed by atoms with Crippen molar-refractivity contribution in [2.75, 3.05) is 31.8 Å². The molecule has 0 spiro atoms. The van der Waals surface area contributed by atoms with Crippen molar-refractivity contribution in [3.8, 4) is 0 Å². The van der Waals surface area contributed by atoms with E-state index in [1.807, 2.05) is 26.0 Å². The third-order valence-corrected chi connectivity index (χ3v) is 4.26. The van der Waals surface area contributed by atoms with Crippen molar-refractivity contribution in [1.82, 2.24) is 9.88 Å². The highest BCUT2D eigenvalue weighted by Gasteiger charge is 2.23. The standard InChI is InChI=1S/C12H22N4OS/c1-6-8(7-2)16(5)11(17)9-10(13)14-12(18-9)15(3)4/h8H,6-7,13H2,1-5H3. The van der Waals surface area contributed by atoms with Gasteiger partial charge in [-0.1, -0.05) is 25.2 Å². The Morgan fingerprint density at radius 3 is 2.28 bits per heavy atom. The van der Waals surface area contributed by atoms with Crippen molar-refractivity contribution in [3.05, 3.63) is 4.88 Å². The van der Waals surface area contributed by atoms with Crippen LogP contribution in [0.3, 0.4) is 0 Å². The van der Waals surface area contributed by atoms with Crippen LogP contribution in [0.4, 0.5) is 10.9 Å². The topological polar surface area (TPSA) is 62.5 Å². The average Bonchev–Trinajstić information content (AvgIpc) is 2.72. The number of carbonyl (C=O) groups excluding carboxylic acids is 1. The number of nitrogen functional groups attached to an aromatic ring is 1. The Bertz CT molecular complexity index is 412. The van der Waals surface area contributed by atoms with Crippen LogP contribution < -0.4 is 10.6 Å². The van der Waals surface area contributed by atoms with Gasteiger partial charge in [0.15, 0.2) is 5.13 Å². The fraction of sp³-hybridized carbons (Fsp3) is 0.667. The van der Waals surface area contributed by atoms with Crippen molar-refractivity contribution >= 4 is 28.2 Å². The molecule has 0 aliphatic carbocycles. The summed E-state index contributed by atoms with van der Waals surface area (Å²) in [6.07, 6.45) is 1.88. The maximum atomic E-state index is 12.4. The van der Waals surface area contributed by atoms with E-state index in [1.165, 1.54) is 11.3 Å². The van der Waals surface area contributed by atoms with Crippen LogP contribution in [0, 0.1) is 0 Å². The monoisotopic (exact) mass is 270 g/mol. The van der Waals surface area contributed by atoms with Crippen molar-refractivity contribution in [2.24, 2.45) is 0 Å². The molecule has 1 aromatic heterocycles. The van der Waals surface area contributed by atoms with Gasteiger partial charge in [-0.3, -0.25) is 4.79 Å². The Morgan fingerprint density at radius 2 is 1.89 bits per heavy atom. The smallest absolute Gasteiger partial charge is 0.267 e. The minimum Gasteiger partial charge on any atom is -0.382 e. The van der Waals surface area contributed by atoms with Crippen LogP contribution in [-0.2, 0) is 0 Å². The van der Waals surface area contributed by atoms with E-state index in [4.69, 9.17) is 5.73 Å². The first-order valence-corrected chi connectivity index (χ1v) is 6.94. The Hall–Kier alpha value is -1.30. The fourth-order valence-corrected chi connectivity index (χ4v) is 2.72. The van der Waals surface area contributed by atoms with Crippen LogP contribution in [-0.4, -0.2) is 43.0 Å². The van der Waals surface area contributed by atoms with E-state index in [1.54, 1.807) is 4.90 Å². The molecule has 0 fully saturated rings. The molecule has 0 aliphatic heterocycles. The zero-order valence-corrected chi connectivity index (χ0v) is 12.5. The van der Waals surface area contributed by atoms with Gasteiger partial charge in [0.2, 0.25) is 0 Å². The molecule has 0 aliphatic rings. The molecule has 1 amide bonds. The molecule has 0 atom stereocenters. The van der Waals surface area contributed by atoms with E-state index in [9.17, 15) is 4.79 Å². The zero-order valence-electron chi connectivity index (χ0n) is 11.7. The number of aromatic nitrogens is 1. The van der Waals surface area contributed by atoms with Crippen LogP contribution in [0.15, 0.2) is 0 Å². The number of anilines is 2. The van der Waals surface area contributed by atoms with Gasteiger partial charge in [-0.2, -0.15) is 0 Å². The number of thiazole rings is 1. The highest BCUT2D eigenvalue weighted by molar-refractivity contribution is 7.18. The van der Waals surface area contributed by atoms with Gasteiger partial charge < -0.3 is 15.5 Å². The molecule has 18 heavy (non-hydrogen) atoms. The van der Waals surface area contributed by atoms with Crippen molar-refractivity contribution in [2.45, 2.75) is 32.7 Å². The summed E-state index contributed by atoms with van der Waals surface area (Å²) in [5.41, 5.74) is 5.83. The predicted molar refractivity (Wildman–Crippen MR) is 77.3 cm³/mol. The van der Waals surface area contributed by atoms with E-state index in [0.717, 1.165) is 18.0 Å². The molecule has 0 radical (unpaired) electrons. The van der Waals surface area contributed by atoms with Gasteiger partial charge in [-0.05, 0) is 12.8 Å². The minimum absolute atomic E-state index is 0.0354. The number of nitrogens with zero attached hydrogens (tertiary/aromatic N) is 3. The molecule has 6 heteroatoms. The Kier molecular flexibility index (Phi) is 4.95. The normalized spacial score (nSPS) is 10.8. The lowest BCUT2D eigenvalue weighted by Gasteiger charge is -2.25. The van der Waals surface area contributed by atoms with Crippen LogP contribution in [0.1, 0.15) is 36.4 Å². The van der Waals surface area contributed by atoms with Gasteiger partial charge in [0.1, 0.15) is 10.7 Å². The lowest BCUT2D eigenvalue weighted by atomic mass is 10.1. The van der Waals surface area contributed by atoms with Crippen LogP contribution in [0.2, 0.25) is 0 Å². The van der Waals surface area contributed by atoms with E-state index >= 15 is 0 Å². The van der Waals surface area contributed by atoms with Gasteiger partial charge in [-0.25, -0.2) is 4.98 Å². The van der Waals surface area contributed by atoms with Gasteiger partial charge in [-0.15, -0.1) is 0 Å². The van der Waals surface area contributed by atoms with Gasteiger partial charge in [0.05, 0.1) is 0 Å². The summed E-state index contributed by atoms with van der Waals surface area (Å²) < 4.78 is 0. The maximum absolute atomic E-state index is 12.4. The molecule has 1 aromatic rings. The Morgan fingerprint density at radius 1 is 1.33 bits per heavy atom. The number of nitrogens with two attached hydrogens (primary N) is 1. The molecular weight excluding hydrogens is 248 g/mol. The predicted octanol–water partition coefficient (Wildman–Crippen LogP) is 2.05. The molecule has 5 nitrogen and oxygen atoms in total. The molecule has 0 saturated heterocycles. The number of rotatable bonds is 5. The molecule has 0 saturated carbocycles. The van der Waals surface area contributed by atoms with Crippen LogP contribution >= 0.6 is 11.3 Å². The Balaban J connectivity index is 2.96. The molecule has 1 rings (SSSR count). The highest BCUT2D eigenvalue weighted by Crippen LogP contribution is 2.28. The minimum atomic E-state index is -0.0354. The van der Waals surface area contributed by atoms with Gasteiger partial charge in [0, 0.05) is 27.2 Å². The first-order chi connectivity index (χ1) is 8.42. The van der Waals surface area contributed by atoms with Gasteiger partial charge in [0.25, 0.3) is 5.91 Å². The quantitative estimate of drug-likeness (QED) is 0.889. The second kappa shape index (κ2) is 6.04. The largest absolute Gasteiger partial charge is 0.382 e. The summed E-state index contributed by atoms with van der Waals surface area (Å²) in [4.78, 5) is 20.7. The lowest BCUT2D eigenvalue weighted by molar-refractivity contribution is 0.0729. The molecule has 0 aromatic carbocycles. The summed E-state index contributed by atoms with van der Waals surface area (Å²) in [7, 11) is 5.60. The van der Waals surface area contributed by atoms with Crippen molar-refractivity contribution in [3.63, 3.8) is 0 Å².